The lowest BCUT2D eigenvalue weighted by atomic mass is 10.2. The Hall–Kier alpha value is -2.09. The van der Waals surface area contributed by atoms with Crippen molar-refractivity contribution in [2.45, 2.75) is 6.10 Å². The number of anilines is 1. The van der Waals surface area contributed by atoms with Gasteiger partial charge in [-0.2, -0.15) is 0 Å². The molecular formula is C10H15N5O3. The van der Waals surface area contributed by atoms with E-state index >= 15 is 0 Å². The van der Waals surface area contributed by atoms with Crippen molar-refractivity contribution in [2.75, 3.05) is 24.6 Å². The first-order valence-corrected chi connectivity index (χ1v) is 5.49. The lowest BCUT2D eigenvalue weighted by Gasteiger charge is -2.32. The van der Waals surface area contributed by atoms with Gasteiger partial charge in [0.15, 0.2) is 11.7 Å². The highest BCUT2D eigenvalue weighted by molar-refractivity contribution is 5.85. The summed E-state index contributed by atoms with van der Waals surface area (Å²) in [6, 6.07) is 0. The summed E-state index contributed by atoms with van der Waals surface area (Å²) in [5.74, 6) is 0.339. The van der Waals surface area contributed by atoms with E-state index in [1.54, 1.807) is 24.3 Å². The molecule has 2 heterocycles. The number of hydrogen-bond donors (Lipinski definition) is 2. The van der Waals surface area contributed by atoms with Crippen LogP contribution in [0.4, 0.5) is 5.82 Å². The van der Waals surface area contributed by atoms with Crippen LogP contribution in [0.5, 0.6) is 0 Å². The Bertz CT molecular complexity index is 512. The Morgan fingerprint density at radius 2 is 2.50 bits per heavy atom. The van der Waals surface area contributed by atoms with Gasteiger partial charge in [-0.05, 0) is 0 Å². The number of aryl methyl sites for hydroxylation is 1. The number of ether oxygens (including phenoxy) is 1. The molecule has 2 rings (SSSR count). The van der Waals surface area contributed by atoms with Crippen molar-refractivity contribution >= 4 is 11.7 Å². The summed E-state index contributed by atoms with van der Waals surface area (Å²) in [6.07, 6.45) is 2.62. The SMILES string of the molecule is Cn1ccnc(N2CCOC(C(N)=NO)C2)c1=O. The molecule has 0 aromatic carbocycles. The van der Waals surface area contributed by atoms with Crippen molar-refractivity contribution in [1.29, 1.82) is 0 Å². The summed E-state index contributed by atoms with van der Waals surface area (Å²) in [6.45, 7) is 1.27. The minimum absolute atomic E-state index is 0.00699. The number of hydrogen-bond acceptors (Lipinski definition) is 6. The molecule has 0 saturated carbocycles. The zero-order chi connectivity index (χ0) is 13.1. The molecule has 1 aliphatic rings. The molecule has 0 amide bonds. The molecule has 1 saturated heterocycles. The molecule has 0 aliphatic carbocycles. The van der Waals surface area contributed by atoms with Gasteiger partial charge in [0, 0.05) is 26.0 Å². The molecule has 1 fully saturated rings. The Labute approximate surface area is 103 Å². The molecule has 1 unspecified atom stereocenters. The van der Waals surface area contributed by atoms with Gasteiger partial charge >= 0.3 is 0 Å². The zero-order valence-electron chi connectivity index (χ0n) is 9.98. The first-order chi connectivity index (χ1) is 8.63. The summed E-state index contributed by atoms with van der Waals surface area (Å²) in [5.41, 5.74) is 5.32. The van der Waals surface area contributed by atoms with E-state index in [-0.39, 0.29) is 11.4 Å². The van der Waals surface area contributed by atoms with Crippen LogP contribution in [0.2, 0.25) is 0 Å². The summed E-state index contributed by atoms with van der Waals surface area (Å²) in [5, 5.41) is 11.5. The van der Waals surface area contributed by atoms with E-state index in [1.165, 1.54) is 4.57 Å². The van der Waals surface area contributed by atoms with Crippen LogP contribution in [-0.4, -0.2) is 46.4 Å². The molecule has 0 radical (unpaired) electrons. The number of aromatic nitrogens is 2. The van der Waals surface area contributed by atoms with Crippen molar-refractivity contribution in [2.24, 2.45) is 17.9 Å². The van der Waals surface area contributed by atoms with Gasteiger partial charge in [0.25, 0.3) is 5.56 Å². The number of nitrogens with zero attached hydrogens (tertiary/aromatic N) is 4. The van der Waals surface area contributed by atoms with E-state index in [4.69, 9.17) is 15.7 Å². The number of rotatable bonds is 2. The fraction of sp³-hybridized carbons (Fsp3) is 0.500. The number of morpholine rings is 1. The normalized spacial score (nSPS) is 21.1. The molecule has 0 bridgehead atoms. The Balaban J connectivity index is 2.24. The second-order valence-corrected chi connectivity index (χ2v) is 4.00. The topological polar surface area (TPSA) is 106 Å². The fourth-order valence-electron chi connectivity index (χ4n) is 1.79. The van der Waals surface area contributed by atoms with Crippen molar-refractivity contribution in [3.63, 3.8) is 0 Å². The summed E-state index contributed by atoms with van der Waals surface area (Å²) in [4.78, 5) is 17.8. The average molecular weight is 253 g/mol. The first-order valence-electron chi connectivity index (χ1n) is 5.49. The molecule has 3 N–H and O–H groups in total. The third kappa shape index (κ3) is 2.28. The van der Waals surface area contributed by atoms with E-state index in [0.717, 1.165) is 0 Å². The summed E-state index contributed by atoms with van der Waals surface area (Å²) in [7, 11) is 1.66. The Kier molecular flexibility index (Phi) is 3.47. The van der Waals surface area contributed by atoms with Gasteiger partial charge in [0.05, 0.1) is 13.2 Å². The van der Waals surface area contributed by atoms with Gasteiger partial charge in [0.1, 0.15) is 6.10 Å². The fourth-order valence-corrected chi connectivity index (χ4v) is 1.79. The lowest BCUT2D eigenvalue weighted by Crippen LogP contribution is -2.50. The largest absolute Gasteiger partial charge is 0.409 e. The van der Waals surface area contributed by atoms with Gasteiger partial charge in [-0.3, -0.25) is 4.79 Å². The molecule has 1 aromatic rings. The van der Waals surface area contributed by atoms with Gasteiger partial charge in [-0.25, -0.2) is 4.98 Å². The predicted octanol–water partition coefficient (Wildman–Crippen LogP) is -1.27. The Morgan fingerprint density at radius 1 is 1.72 bits per heavy atom. The van der Waals surface area contributed by atoms with E-state index in [9.17, 15) is 4.79 Å². The minimum atomic E-state index is -0.532. The second-order valence-electron chi connectivity index (χ2n) is 4.00. The second kappa shape index (κ2) is 5.05. The third-order valence-electron chi connectivity index (χ3n) is 2.81. The van der Waals surface area contributed by atoms with Crippen LogP contribution in [0.3, 0.4) is 0 Å². The van der Waals surface area contributed by atoms with Crippen molar-refractivity contribution in [3.8, 4) is 0 Å². The number of nitrogens with two attached hydrogens (primary N) is 1. The standard InChI is InChI=1S/C10H15N5O3/c1-14-3-2-12-9(10(14)16)15-4-5-18-7(6-15)8(11)13-17/h2-3,7,17H,4-6H2,1H3,(H2,11,13). The third-order valence-corrected chi connectivity index (χ3v) is 2.81. The highest BCUT2D eigenvalue weighted by Gasteiger charge is 2.26. The predicted molar refractivity (Wildman–Crippen MR) is 64.8 cm³/mol. The van der Waals surface area contributed by atoms with Crippen LogP contribution in [0.15, 0.2) is 22.3 Å². The lowest BCUT2D eigenvalue weighted by molar-refractivity contribution is 0.0802. The molecule has 8 nitrogen and oxygen atoms in total. The zero-order valence-corrected chi connectivity index (χ0v) is 9.98. The van der Waals surface area contributed by atoms with E-state index in [0.29, 0.717) is 25.5 Å². The minimum Gasteiger partial charge on any atom is -0.409 e. The molecule has 1 aliphatic heterocycles. The number of oxime groups is 1. The maximum absolute atomic E-state index is 11.9. The van der Waals surface area contributed by atoms with Gasteiger partial charge in [-0.15, -0.1) is 0 Å². The van der Waals surface area contributed by atoms with Gasteiger partial charge in [-0.1, -0.05) is 5.16 Å². The summed E-state index contributed by atoms with van der Waals surface area (Å²) < 4.78 is 6.81. The molecule has 98 valence electrons. The van der Waals surface area contributed by atoms with Crippen molar-refractivity contribution in [1.82, 2.24) is 9.55 Å². The maximum atomic E-state index is 11.9. The monoisotopic (exact) mass is 253 g/mol. The quantitative estimate of drug-likeness (QED) is 0.295. The Morgan fingerprint density at radius 3 is 3.22 bits per heavy atom. The van der Waals surface area contributed by atoms with E-state index < -0.39 is 6.10 Å². The average Bonchev–Trinajstić information content (AvgIpc) is 2.41. The van der Waals surface area contributed by atoms with Crippen LogP contribution < -0.4 is 16.2 Å². The smallest absolute Gasteiger partial charge is 0.293 e. The van der Waals surface area contributed by atoms with E-state index in [2.05, 4.69) is 10.1 Å². The highest BCUT2D eigenvalue weighted by atomic mass is 16.5. The molecule has 1 aromatic heterocycles. The van der Waals surface area contributed by atoms with Gasteiger partial charge < -0.3 is 25.1 Å². The highest BCUT2D eigenvalue weighted by Crippen LogP contribution is 2.10. The van der Waals surface area contributed by atoms with Crippen molar-refractivity contribution in [3.05, 3.63) is 22.7 Å². The molecule has 8 heteroatoms. The maximum Gasteiger partial charge on any atom is 0.293 e. The molecule has 18 heavy (non-hydrogen) atoms. The number of amidine groups is 1. The van der Waals surface area contributed by atoms with Gasteiger partial charge in [0.2, 0.25) is 0 Å². The van der Waals surface area contributed by atoms with Crippen LogP contribution in [0, 0.1) is 0 Å². The van der Waals surface area contributed by atoms with Crippen molar-refractivity contribution < 1.29 is 9.94 Å². The van der Waals surface area contributed by atoms with Crippen LogP contribution in [-0.2, 0) is 11.8 Å². The molecule has 1 atom stereocenters. The molecule has 0 spiro atoms. The molecular weight excluding hydrogens is 238 g/mol. The van der Waals surface area contributed by atoms with Crippen LogP contribution >= 0.6 is 0 Å². The summed E-state index contributed by atoms with van der Waals surface area (Å²) >= 11 is 0. The van der Waals surface area contributed by atoms with E-state index in [1.807, 2.05) is 0 Å². The first kappa shape index (κ1) is 12.4. The van der Waals surface area contributed by atoms with Crippen LogP contribution in [0.1, 0.15) is 0 Å². The van der Waals surface area contributed by atoms with Crippen LogP contribution in [0.25, 0.3) is 0 Å².